The van der Waals surface area contributed by atoms with Gasteiger partial charge in [-0.2, -0.15) is 9.61 Å². The molecule has 0 aliphatic heterocycles. The number of carbonyl (C=O) groups is 2. The molecule has 0 spiro atoms. The molecule has 2 amide bonds. The van der Waals surface area contributed by atoms with Gasteiger partial charge in [-0.1, -0.05) is 24.3 Å². The number of benzene rings is 2. The summed E-state index contributed by atoms with van der Waals surface area (Å²) in [6.07, 6.45) is 2.72. The number of hydrogen-bond acceptors (Lipinski definition) is 5. The molecule has 2 aromatic heterocycles. The van der Waals surface area contributed by atoms with E-state index in [9.17, 15) is 14.7 Å². The number of nitrogens with one attached hydrogen (secondary N) is 2. The molecule has 0 bridgehead atoms. The monoisotopic (exact) mass is 402 g/mol. The summed E-state index contributed by atoms with van der Waals surface area (Å²) >= 11 is 0. The van der Waals surface area contributed by atoms with Gasteiger partial charge in [-0.05, 0) is 42.3 Å². The number of aromatic nitrogens is 3. The highest BCUT2D eigenvalue weighted by molar-refractivity contribution is 6.00. The number of aromatic carboxylic acids is 1. The van der Waals surface area contributed by atoms with Gasteiger partial charge in [-0.3, -0.25) is 0 Å². The van der Waals surface area contributed by atoms with E-state index in [1.807, 2.05) is 31.2 Å². The number of nitrogens with zero attached hydrogens (tertiary/aromatic N) is 3. The van der Waals surface area contributed by atoms with Gasteiger partial charge in [0.1, 0.15) is 11.4 Å². The molecule has 0 unspecified atom stereocenters. The fourth-order valence-corrected chi connectivity index (χ4v) is 3.07. The zero-order chi connectivity index (χ0) is 21.3. The summed E-state index contributed by atoms with van der Waals surface area (Å²) in [5.74, 6) is -0.852. The molecule has 0 saturated heterocycles. The van der Waals surface area contributed by atoms with E-state index in [2.05, 4.69) is 20.7 Å². The molecule has 2 aromatic carbocycles. The van der Waals surface area contributed by atoms with Gasteiger partial charge in [-0.25, -0.2) is 14.6 Å². The number of carboxylic acids is 1. The highest BCUT2D eigenvalue weighted by Gasteiger charge is 2.16. The van der Waals surface area contributed by atoms with Crippen molar-refractivity contribution in [3.63, 3.8) is 0 Å². The van der Waals surface area contributed by atoms with Gasteiger partial charge in [0.25, 0.3) is 0 Å². The van der Waals surface area contributed by atoms with Crippen molar-refractivity contribution in [2.75, 3.05) is 16.4 Å². The lowest BCUT2D eigenvalue weighted by Gasteiger charge is -2.10. The highest BCUT2D eigenvalue weighted by atomic mass is 16.4. The van der Waals surface area contributed by atoms with E-state index >= 15 is 0 Å². The maximum atomic E-state index is 12.2. The number of carbonyl (C=O) groups excluding carboxylic acids is 1. The van der Waals surface area contributed by atoms with Gasteiger partial charge < -0.3 is 21.5 Å². The summed E-state index contributed by atoms with van der Waals surface area (Å²) in [6.45, 7) is 1.95. The highest BCUT2D eigenvalue weighted by Crippen LogP contribution is 2.27. The number of fused-ring (bicyclic) bond motifs is 1. The minimum atomic E-state index is -1.12. The van der Waals surface area contributed by atoms with Gasteiger partial charge >= 0.3 is 12.0 Å². The van der Waals surface area contributed by atoms with Crippen molar-refractivity contribution < 1.29 is 14.7 Å². The Bertz CT molecular complexity index is 1260. The fraction of sp³-hybridized carbons (Fsp3) is 0.0476. The molecular weight excluding hydrogens is 384 g/mol. The Kier molecular flexibility index (Phi) is 4.77. The lowest BCUT2D eigenvalue weighted by Crippen LogP contribution is -2.19. The molecule has 0 aliphatic carbocycles. The minimum absolute atomic E-state index is 0.0209. The number of anilines is 3. The number of carboxylic acid groups (broad SMARTS) is 1. The average Bonchev–Trinajstić information content (AvgIpc) is 3.14. The molecule has 0 atom stereocenters. The molecule has 0 radical (unpaired) electrons. The molecule has 9 heteroatoms. The van der Waals surface area contributed by atoms with E-state index in [4.69, 9.17) is 5.73 Å². The number of amides is 2. The first-order chi connectivity index (χ1) is 14.4. The summed E-state index contributed by atoms with van der Waals surface area (Å²) in [5, 5.41) is 18.7. The van der Waals surface area contributed by atoms with Crippen LogP contribution in [0, 0.1) is 6.92 Å². The Morgan fingerprint density at radius 3 is 2.47 bits per heavy atom. The van der Waals surface area contributed by atoms with Crippen LogP contribution in [0.25, 0.3) is 16.8 Å². The fourth-order valence-electron chi connectivity index (χ4n) is 3.07. The topological polar surface area (TPSA) is 135 Å². The average molecular weight is 402 g/mol. The van der Waals surface area contributed by atoms with Crippen LogP contribution in [0.15, 0.2) is 60.9 Å². The molecule has 0 aliphatic rings. The SMILES string of the molecule is Cc1cccc(NC(=O)Nc2ccc(-c3cnc4c(C(=O)O)cnn4c3N)cc2)c1. The van der Waals surface area contributed by atoms with E-state index in [0.717, 1.165) is 11.1 Å². The third kappa shape index (κ3) is 3.63. The van der Waals surface area contributed by atoms with Gasteiger partial charge in [0, 0.05) is 23.1 Å². The zero-order valence-electron chi connectivity index (χ0n) is 16.0. The predicted octanol–water partition coefficient (Wildman–Crippen LogP) is 3.63. The molecule has 4 aromatic rings. The molecule has 0 saturated carbocycles. The standard InChI is InChI=1S/C21H18N6O3/c1-12-3-2-4-15(9-12)26-21(30)25-14-7-5-13(6-8-14)16-10-23-19-17(20(28)29)11-24-27(19)18(16)22/h2-11H,22H2,1H3,(H,28,29)(H2,25,26,30). The number of nitrogens with two attached hydrogens (primary N) is 1. The number of rotatable bonds is 4. The van der Waals surface area contributed by atoms with E-state index in [1.54, 1.807) is 24.3 Å². The maximum absolute atomic E-state index is 12.2. The number of aryl methyl sites for hydroxylation is 1. The largest absolute Gasteiger partial charge is 0.477 e. The smallest absolute Gasteiger partial charge is 0.341 e. The first-order valence-corrected chi connectivity index (χ1v) is 9.03. The normalized spacial score (nSPS) is 10.7. The van der Waals surface area contributed by atoms with Crippen molar-refractivity contribution >= 4 is 34.8 Å². The second-order valence-electron chi connectivity index (χ2n) is 6.68. The summed E-state index contributed by atoms with van der Waals surface area (Å²) in [7, 11) is 0. The molecule has 0 fully saturated rings. The lowest BCUT2D eigenvalue weighted by atomic mass is 10.1. The van der Waals surface area contributed by atoms with Crippen molar-refractivity contribution in [2.45, 2.75) is 6.92 Å². The number of urea groups is 1. The molecule has 2 heterocycles. The maximum Gasteiger partial charge on any atom is 0.341 e. The van der Waals surface area contributed by atoms with Crippen LogP contribution in [0.5, 0.6) is 0 Å². The van der Waals surface area contributed by atoms with Crippen molar-refractivity contribution in [1.29, 1.82) is 0 Å². The van der Waals surface area contributed by atoms with E-state index in [-0.39, 0.29) is 23.1 Å². The Labute approximate surface area is 171 Å². The van der Waals surface area contributed by atoms with Gasteiger partial charge in [-0.15, -0.1) is 0 Å². The van der Waals surface area contributed by atoms with Crippen LogP contribution in [0.3, 0.4) is 0 Å². The van der Waals surface area contributed by atoms with Crippen molar-refractivity contribution in [3.05, 3.63) is 72.1 Å². The Morgan fingerprint density at radius 1 is 1.03 bits per heavy atom. The molecule has 30 heavy (non-hydrogen) atoms. The second kappa shape index (κ2) is 7.55. The van der Waals surface area contributed by atoms with Gasteiger partial charge in [0.15, 0.2) is 5.65 Å². The van der Waals surface area contributed by atoms with E-state index in [1.165, 1.54) is 16.9 Å². The first-order valence-electron chi connectivity index (χ1n) is 9.03. The van der Waals surface area contributed by atoms with Gasteiger partial charge in [0.2, 0.25) is 0 Å². The van der Waals surface area contributed by atoms with Crippen LogP contribution in [-0.4, -0.2) is 31.7 Å². The van der Waals surface area contributed by atoms with Crippen LogP contribution in [0.4, 0.5) is 22.0 Å². The summed E-state index contributed by atoms with van der Waals surface area (Å²) < 4.78 is 1.29. The molecule has 4 rings (SSSR count). The zero-order valence-corrected chi connectivity index (χ0v) is 16.0. The van der Waals surface area contributed by atoms with E-state index < -0.39 is 5.97 Å². The van der Waals surface area contributed by atoms with Gasteiger partial charge in [0.05, 0.1) is 6.20 Å². The van der Waals surface area contributed by atoms with E-state index in [0.29, 0.717) is 16.9 Å². The van der Waals surface area contributed by atoms with Crippen molar-refractivity contribution in [1.82, 2.24) is 14.6 Å². The second-order valence-corrected chi connectivity index (χ2v) is 6.68. The minimum Gasteiger partial charge on any atom is -0.477 e. The quantitative estimate of drug-likeness (QED) is 0.412. The third-order valence-electron chi connectivity index (χ3n) is 4.52. The van der Waals surface area contributed by atoms with Crippen molar-refractivity contribution in [3.8, 4) is 11.1 Å². The Morgan fingerprint density at radius 2 is 1.77 bits per heavy atom. The van der Waals surface area contributed by atoms with Crippen LogP contribution >= 0.6 is 0 Å². The number of nitrogen functional groups attached to an aromatic ring is 1. The first kappa shape index (κ1) is 18.9. The van der Waals surface area contributed by atoms with Crippen LogP contribution in [0.2, 0.25) is 0 Å². The summed E-state index contributed by atoms with van der Waals surface area (Å²) in [5.41, 5.74) is 10.0. The Balaban J connectivity index is 1.53. The third-order valence-corrected chi connectivity index (χ3v) is 4.52. The summed E-state index contributed by atoms with van der Waals surface area (Å²) in [6, 6.07) is 14.2. The Hall–Kier alpha value is -4.40. The predicted molar refractivity (Wildman–Crippen MR) is 114 cm³/mol. The molecule has 5 N–H and O–H groups in total. The lowest BCUT2D eigenvalue weighted by molar-refractivity contribution is 0.0698. The van der Waals surface area contributed by atoms with Crippen LogP contribution < -0.4 is 16.4 Å². The molecule has 150 valence electrons. The van der Waals surface area contributed by atoms with Crippen LogP contribution in [0.1, 0.15) is 15.9 Å². The summed E-state index contributed by atoms with van der Waals surface area (Å²) in [4.78, 5) is 27.6. The van der Waals surface area contributed by atoms with Crippen molar-refractivity contribution in [2.24, 2.45) is 0 Å². The number of hydrogen-bond donors (Lipinski definition) is 4. The molecular formula is C21H18N6O3. The molecule has 9 nitrogen and oxygen atoms in total. The van der Waals surface area contributed by atoms with Crippen LogP contribution in [-0.2, 0) is 0 Å².